The van der Waals surface area contributed by atoms with Crippen molar-refractivity contribution in [1.82, 2.24) is 20.2 Å². The first-order valence-electron chi connectivity index (χ1n) is 8.38. The molecule has 132 valence electrons. The molecule has 3 N–H and O–H groups in total. The van der Waals surface area contributed by atoms with Crippen LogP contribution in [0.15, 0.2) is 47.3 Å². The molecule has 2 aromatic carbocycles. The molecule has 1 atom stereocenters. The van der Waals surface area contributed by atoms with Crippen LogP contribution in [0, 0.1) is 0 Å². The third kappa shape index (κ3) is 2.67. The Morgan fingerprint density at radius 1 is 1.08 bits per heavy atom. The van der Waals surface area contributed by atoms with Gasteiger partial charge in [0.1, 0.15) is 6.04 Å². The quantitative estimate of drug-likeness (QED) is 0.647. The molecular formula is C19H18N4O3. The third-order valence-electron chi connectivity index (χ3n) is 4.82. The fourth-order valence-electron chi connectivity index (χ4n) is 3.47. The second-order valence-electron chi connectivity index (χ2n) is 6.38. The van der Waals surface area contributed by atoms with Gasteiger partial charge < -0.3 is 20.2 Å². The molecular weight excluding hydrogens is 332 g/mol. The number of amides is 2. The van der Waals surface area contributed by atoms with Crippen molar-refractivity contribution in [2.24, 2.45) is 0 Å². The lowest BCUT2D eigenvalue weighted by atomic mass is 9.92. The number of fused-ring (bicyclic) bond motifs is 2. The van der Waals surface area contributed by atoms with Gasteiger partial charge in [0.25, 0.3) is 5.91 Å². The maximum Gasteiger partial charge on any atom is 0.323 e. The number of rotatable bonds is 2. The molecule has 0 fully saturated rings. The van der Waals surface area contributed by atoms with Crippen molar-refractivity contribution in [3.05, 3.63) is 69.6 Å². The van der Waals surface area contributed by atoms with E-state index in [1.165, 1.54) is 0 Å². The van der Waals surface area contributed by atoms with Gasteiger partial charge in [-0.25, -0.2) is 4.79 Å². The Labute approximate surface area is 149 Å². The molecule has 3 aromatic rings. The van der Waals surface area contributed by atoms with Gasteiger partial charge in [-0.3, -0.25) is 9.59 Å². The Morgan fingerprint density at radius 2 is 1.81 bits per heavy atom. The summed E-state index contributed by atoms with van der Waals surface area (Å²) in [4.78, 5) is 43.8. The third-order valence-corrected chi connectivity index (χ3v) is 4.82. The van der Waals surface area contributed by atoms with E-state index in [1.807, 2.05) is 24.3 Å². The molecule has 2 amide bonds. The number of carbonyl (C=O) groups is 2. The summed E-state index contributed by atoms with van der Waals surface area (Å²) in [5.41, 5.74) is 3.43. The lowest BCUT2D eigenvalue weighted by Crippen LogP contribution is -2.51. The molecule has 1 aliphatic rings. The van der Waals surface area contributed by atoms with Crippen molar-refractivity contribution in [2.75, 3.05) is 7.05 Å². The molecule has 1 aromatic heterocycles. The van der Waals surface area contributed by atoms with Gasteiger partial charge in [0.15, 0.2) is 0 Å². The number of likely N-dealkylation sites (N-methyl/N-ethyl adjacent to an activating group) is 1. The number of aromatic nitrogens is 2. The zero-order valence-corrected chi connectivity index (χ0v) is 14.2. The molecule has 0 aliphatic carbocycles. The number of aromatic amines is 2. The summed E-state index contributed by atoms with van der Waals surface area (Å²) >= 11 is 0. The molecule has 2 heterocycles. The van der Waals surface area contributed by atoms with Gasteiger partial charge in [0, 0.05) is 25.6 Å². The highest BCUT2D eigenvalue weighted by Crippen LogP contribution is 2.25. The first-order valence-corrected chi connectivity index (χ1v) is 8.38. The Balaban J connectivity index is 1.73. The highest BCUT2D eigenvalue weighted by molar-refractivity contribution is 6.00. The van der Waals surface area contributed by atoms with Crippen molar-refractivity contribution < 1.29 is 9.59 Å². The predicted molar refractivity (Wildman–Crippen MR) is 96.8 cm³/mol. The van der Waals surface area contributed by atoms with Crippen molar-refractivity contribution in [2.45, 2.75) is 19.0 Å². The van der Waals surface area contributed by atoms with Crippen LogP contribution in [0.5, 0.6) is 0 Å². The number of benzene rings is 2. The average molecular weight is 350 g/mol. The van der Waals surface area contributed by atoms with Gasteiger partial charge in [-0.2, -0.15) is 0 Å². The molecule has 0 spiro atoms. The summed E-state index contributed by atoms with van der Waals surface area (Å²) < 4.78 is 0. The summed E-state index contributed by atoms with van der Waals surface area (Å²) in [6.45, 7) is 0.370. The second-order valence-corrected chi connectivity index (χ2v) is 6.38. The standard InChI is InChI=1S/C19H18N4O3/c1-20-17(24)16-9-11-4-2-3-5-13(11)10-23(16)18(25)12-6-7-14-15(8-12)22-19(26)21-14/h2-8,16H,9-10H2,1H3,(H,20,24)(H2,21,22,26)/t16-/m0/s1. The number of H-pyrrole nitrogens is 2. The van der Waals surface area contributed by atoms with Crippen LogP contribution in [0.2, 0.25) is 0 Å². The highest BCUT2D eigenvalue weighted by atomic mass is 16.2. The number of carbonyl (C=O) groups excluding carboxylic acids is 2. The molecule has 0 unspecified atom stereocenters. The predicted octanol–water partition coefficient (Wildman–Crippen LogP) is 1.17. The number of hydrogen-bond donors (Lipinski definition) is 3. The van der Waals surface area contributed by atoms with E-state index in [4.69, 9.17) is 0 Å². The second kappa shape index (κ2) is 6.18. The van der Waals surface area contributed by atoms with Gasteiger partial charge >= 0.3 is 5.69 Å². The SMILES string of the molecule is CNC(=O)[C@@H]1Cc2ccccc2CN1C(=O)c1ccc2[nH]c(=O)[nH]c2c1. The van der Waals surface area contributed by atoms with Crippen molar-refractivity contribution >= 4 is 22.8 Å². The van der Waals surface area contributed by atoms with Gasteiger partial charge in [-0.15, -0.1) is 0 Å². The molecule has 1 aliphatic heterocycles. The lowest BCUT2D eigenvalue weighted by molar-refractivity contribution is -0.125. The smallest absolute Gasteiger partial charge is 0.323 e. The van der Waals surface area contributed by atoms with Crippen LogP contribution < -0.4 is 11.0 Å². The Morgan fingerprint density at radius 3 is 2.58 bits per heavy atom. The zero-order chi connectivity index (χ0) is 18.3. The van der Waals surface area contributed by atoms with E-state index in [-0.39, 0.29) is 17.5 Å². The van der Waals surface area contributed by atoms with Gasteiger partial charge in [-0.05, 0) is 29.3 Å². The monoisotopic (exact) mass is 350 g/mol. The van der Waals surface area contributed by atoms with Crippen LogP contribution in [0.25, 0.3) is 11.0 Å². The first-order chi connectivity index (χ1) is 12.6. The maximum atomic E-state index is 13.1. The fourth-order valence-corrected chi connectivity index (χ4v) is 3.47. The Bertz CT molecular complexity index is 1070. The molecule has 4 rings (SSSR count). The van der Waals surface area contributed by atoms with Crippen molar-refractivity contribution in [3.8, 4) is 0 Å². The minimum absolute atomic E-state index is 0.191. The molecule has 7 nitrogen and oxygen atoms in total. The number of nitrogens with zero attached hydrogens (tertiary/aromatic N) is 1. The van der Waals surface area contributed by atoms with E-state index in [9.17, 15) is 14.4 Å². The molecule has 0 bridgehead atoms. The highest BCUT2D eigenvalue weighted by Gasteiger charge is 2.34. The summed E-state index contributed by atoms with van der Waals surface area (Å²) in [7, 11) is 1.57. The van der Waals surface area contributed by atoms with Crippen LogP contribution in [0.4, 0.5) is 0 Å². The molecule has 0 saturated heterocycles. The minimum Gasteiger partial charge on any atom is -0.357 e. The van der Waals surface area contributed by atoms with E-state index in [0.29, 0.717) is 29.6 Å². The normalized spacial score (nSPS) is 16.3. The van der Waals surface area contributed by atoms with Crippen LogP contribution in [0.3, 0.4) is 0 Å². The van der Waals surface area contributed by atoms with Crippen LogP contribution in [-0.4, -0.2) is 39.8 Å². The van der Waals surface area contributed by atoms with Crippen molar-refractivity contribution in [1.29, 1.82) is 0 Å². The number of nitrogens with one attached hydrogen (secondary N) is 3. The fraction of sp³-hybridized carbons (Fsp3) is 0.211. The maximum absolute atomic E-state index is 13.1. The summed E-state index contributed by atoms with van der Waals surface area (Å²) in [5.74, 6) is -0.430. The topological polar surface area (TPSA) is 98.1 Å². The van der Waals surface area contributed by atoms with Gasteiger partial charge in [-0.1, -0.05) is 24.3 Å². The van der Waals surface area contributed by atoms with Crippen LogP contribution >= 0.6 is 0 Å². The molecule has 7 heteroatoms. The lowest BCUT2D eigenvalue weighted by Gasteiger charge is -2.35. The summed E-state index contributed by atoms with van der Waals surface area (Å²) in [6, 6.07) is 12.3. The average Bonchev–Trinajstić information content (AvgIpc) is 3.04. The molecule has 26 heavy (non-hydrogen) atoms. The van der Waals surface area contributed by atoms with Crippen LogP contribution in [0.1, 0.15) is 21.5 Å². The Hall–Kier alpha value is -3.35. The van der Waals surface area contributed by atoms with E-state index in [2.05, 4.69) is 15.3 Å². The minimum atomic E-state index is -0.566. The summed E-state index contributed by atoms with van der Waals surface area (Å²) in [6.07, 6.45) is 0.477. The first kappa shape index (κ1) is 16.1. The van der Waals surface area contributed by atoms with Gasteiger partial charge in [0.05, 0.1) is 11.0 Å². The summed E-state index contributed by atoms with van der Waals surface area (Å²) in [5, 5.41) is 2.65. The number of imidazole rings is 1. The van der Waals surface area contributed by atoms with E-state index < -0.39 is 6.04 Å². The number of hydrogen-bond acceptors (Lipinski definition) is 3. The van der Waals surface area contributed by atoms with Crippen molar-refractivity contribution in [3.63, 3.8) is 0 Å². The van der Waals surface area contributed by atoms with Gasteiger partial charge in [0.2, 0.25) is 5.91 Å². The molecule has 0 radical (unpaired) electrons. The molecule has 0 saturated carbocycles. The van der Waals surface area contributed by atoms with E-state index >= 15 is 0 Å². The van der Waals surface area contributed by atoms with E-state index in [1.54, 1.807) is 30.1 Å². The van der Waals surface area contributed by atoms with E-state index in [0.717, 1.165) is 11.1 Å². The zero-order valence-electron chi connectivity index (χ0n) is 14.2. The largest absolute Gasteiger partial charge is 0.357 e. The Kier molecular flexibility index (Phi) is 3.84. The van der Waals surface area contributed by atoms with Crippen LogP contribution in [-0.2, 0) is 17.8 Å².